The van der Waals surface area contributed by atoms with Crippen LogP contribution < -0.4 is 0 Å². The summed E-state index contributed by atoms with van der Waals surface area (Å²) < 4.78 is 12.6. The van der Waals surface area contributed by atoms with Gasteiger partial charge in [0.05, 0.1) is 0 Å². The summed E-state index contributed by atoms with van der Waals surface area (Å²) in [6, 6.07) is 0. The number of allylic oxidation sites excluding steroid dienone is 3. The highest BCUT2D eigenvalue weighted by atomic mass is 19.1. The third kappa shape index (κ3) is 2.97. The zero-order chi connectivity index (χ0) is 10.4. The minimum atomic E-state index is -0.507. The fraction of sp³-hybridized carbons (Fsp3) is 0.200. The normalized spacial score (nSPS) is 17.4. The fourth-order valence-corrected chi connectivity index (χ4v) is 0.959. The Bertz CT molecular complexity index is 310. The molecule has 0 aromatic carbocycles. The van der Waals surface area contributed by atoms with E-state index in [9.17, 15) is 4.39 Å². The molecule has 0 aromatic heterocycles. The Morgan fingerprint density at radius 1 is 1.71 bits per heavy atom. The topological polar surface area (TPSA) is 28.0 Å². The molecular weight excluding hydrogens is 181 g/mol. The van der Waals surface area contributed by atoms with E-state index in [-0.39, 0.29) is 0 Å². The van der Waals surface area contributed by atoms with Gasteiger partial charge >= 0.3 is 0 Å². The lowest BCUT2D eigenvalue weighted by Gasteiger charge is -2.15. The van der Waals surface area contributed by atoms with E-state index in [4.69, 9.17) is 0 Å². The maximum Gasteiger partial charge on any atom is 0.187 e. The number of aliphatic imine (C=N–C) groups is 1. The molecule has 0 radical (unpaired) electrons. The molecule has 0 spiro atoms. The molecule has 0 aromatic rings. The van der Waals surface area contributed by atoms with Gasteiger partial charge in [-0.3, -0.25) is 0 Å². The second-order valence-electron chi connectivity index (χ2n) is 2.63. The summed E-state index contributed by atoms with van der Waals surface area (Å²) in [7, 11) is 0. The Morgan fingerprint density at radius 3 is 3.00 bits per heavy atom. The summed E-state index contributed by atoms with van der Waals surface area (Å²) in [5, 5.41) is 5.53. The fourth-order valence-electron chi connectivity index (χ4n) is 0.959. The lowest BCUT2D eigenvalue weighted by atomic mass is 10.4. The zero-order valence-corrected chi connectivity index (χ0v) is 8.02. The van der Waals surface area contributed by atoms with Gasteiger partial charge in [-0.2, -0.15) is 9.49 Å². The van der Waals surface area contributed by atoms with Gasteiger partial charge in [0.25, 0.3) is 0 Å². The third-order valence-corrected chi connectivity index (χ3v) is 1.46. The molecule has 3 nitrogen and oxygen atoms in total. The number of nitrogens with zero attached hydrogens (tertiary/aromatic N) is 3. The van der Waals surface area contributed by atoms with Gasteiger partial charge in [0.1, 0.15) is 0 Å². The first-order chi connectivity index (χ1) is 6.74. The second-order valence-corrected chi connectivity index (χ2v) is 2.63. The Hall–Kier alpha value is -1.71. The van der Waals surface area contributed by atoms with Crippen LogP contribution in [0.15, 0.2) is 46.9 Å². The van der Waals surface area contributed by atoms with E-state index in [2.05, 4.69) is 16.7 Å². The van der Waals surface area contributed by atoms with E-state index in [1.54, 1.807) is 24.6 Å². The molecular formula is C10H12FN3. The van der Waals surface area contributed by atoms with Crippen LogP contribution in [-0.4, -0.2) is 17.2 Å². The number of hydrazone groups is 1. The average Bonchev–Trinajstić information content (AvgIpc) is 2.18. The van der Waals surface area contributed by atoms with Gasteiger partial charge in [0.2, 0.25) is 0 Å². The summed E-state index contributed by atoms with van der Waals surface area (Å²) >= 11 is 0. The van der Waals surface area contributed by atoms with E-state index in [1.165, 1.54) is 11.9 Å². The summed E-state index contributed by atoms with van der Waals surface area (Å²) in [5.74, 6) is -0.0977. The van der Waals surface area contributed by atoms with Crippen molar-refractivity contribution in [1.29, 1.82) is 0 Å². The molecule has 4 heteroatoms. The zero-order valence-electron chi connectivity index (χ0n) is 8.02. The van der Waals surface area contributed by atoms with Crippen molar-refractivity contribution < 1.29 is 4.39 Å². The molecule has 1 heterocycles. The molecule has 0 saturated carbocycles. The predicted octanol–water partition coefficient (Wildman–Crippen LogP) is 2.61. The van der Waals surface area contributed by atoms with Crippen LogP contribution >= 0.6 is 0 Å². The van der Waals surface area contributed by atoms with Crippen LogP contribution in [0, 0.1) is 0 Å². The van der Waals surface area contributed by atoms with Crippen LogP contribution in [0.4, 0.5) is 4.39 Å². The SMILES string of the molecule is C=C/C=C(\N=C(/C)F)N1C=CCC=N1. The van der Waals surface area contributed by atoms with Crippen LogP contribution in [0.5, 0.6) is 0 Å². The van der Waals surface area contributed by atoms with E-state index >= 15 is 0 Å². The van der Waals surface area contributed by atoms with Crippen LogP contribution in [-0.2, 0) is 0 Å². The largest absolute Gasteiger partial charge is 0.223 e. The van der Waals surface area contributed by atoms with Gasteiger partial charge in [-0.15, -0.1) is 0 Å². The Balaban J connectivity index is 2.88. The monoisotopic (exact) mass is 193 g/mol. The first kappa shape index (κ1) is 10.4. The maximum absolute atomic E-state index is 12.6. The van der Waals surface area contributed by atoms with E-state index < -0.39 is 5.97 Å². The van der Waals surface area contributed by atoms with E-state index in [0.717, 1.165) is 6.42 Å². The molecule has 1 aliphatic heterocycles. The Labute approximate surface area is 82.6 Å². The molecule has 0 atom stereocenters. The first-order valence-electron chi connectivity index (χ1n) is 4.26. The predicted molar refractivity (Wildman–Crippen MR) is 56.6 cm³/mol. The van der Waals surface area contributed by atoms with E-state index in [0.29, 0.717) is 5.82 Å². The van der Waals surface area contributed by atoms with Gasteiger partial charge in [-0.25, -0.2) is 10.0 Å². The average molecular weight is 193 g/mol. The van der Waals surface area contributed by atoms with Crippen molar-refractivity contribution in [1.82, 2.24) is 5.01 Å². The molecule has 0 aliphatic carbocycles. The van der Waals surface area contributed by atoms with Crippen molar-refractivity contribution in [3.63, 3.8) is 0 Å². The molecule has 0 amide bonds. The van der Waals surface area contributed by atoms with Gasteiger partial charge in [0.15, 0.2) is 11.8 Å². The summed E-state index contributed by atoms with van der Waals surface area (Å²) in [4.78, 5) is 3.69. The highest BCUT2D eigenvalue weighted by molar-refractivity contribution is 5.73. The Morgan fingerprint density at radius 2 is 2.50 bits per heavy atom. The smallest absolute Gasteiger partial charge is 0.187 e. The van der Waals surface area contributed by atoms with Crippen LogP contribution in [0.25, 0.3) is 0 Å². The molecule has 0 unspecified atom stereocenters. The van der Waals surface area contributed by atoms with E-state index in [1.807, 2.05) is 6.08 Å². The van der Waals surface area contributed by atoms with Crippen molar-refractivity contribution in [2.24, 2.45) is 10.1 Å². The first-order valence-corrected chi connectivity index (χ1v) is 4.26. The molecule has 1 rings (SSSR count). The third-order valence-electron chi connectivity index (χ3n) is 1.46. The van der Waals surface area contributed by atoms with Crippen LogP contribution in [0.3, 0.4) is 0 Å². The van der Waals surface area contributed by atoms with Gasteiger partial charge < -0.3 is 0 Å². The standard InChI is InChI=1S/C10H12FN3/c1-3-6-10(13-9(2)11)14-8-5-4-7-12-14/h3,5-8H,1,4H2,2H3/b10-6+,13-9+. The molecule has 0 bridgehead atoms. The van der Waals surface area contributed by atoms with Crippen molar-refractivity contribution in [2.75, 3.05) is 0 Å². The lowest BCUT2D eigenvalue weighted by molar-refractivity contribution is 0.485. The molecule has 14 heavy (non-hydrogen) atoms. The van der Waals surface area contributed by atoms with Crippen LogP contribution in [0.1, 0.15) is 13.3 Å². The van der Waals surface area contributed by atoms with Crippen molar-refractivity contribution in [3.8, 4) is 0 Å². The second kappa shape index (κ2) is 5.11. The number of hydrogen-bond acceptors (Lipinski definition) is 3. The molecule has 0 fully saturated rings. The quantitative estimate of drug-likeness (QED) is 0.500. The molecule has 0 saturated heterocycles. The minimum Gasteiger partial charge on any atom is -0.223 e. The maximum atomic E-state index is 12.6. The molecule has 1 aliphatic rings. The Kier molecular flexibility index (Phi) is 3.79. The summed E-state index contributed by atoms with van der Waals surface area (Å²) in [5.41, 5.74) is 0. The number of rotatable bonds is 3. The minimum absolute atomic E-state index is 0.409. The van der Waals surface area contributed by atoms with Crippen molar-refractivity contribution in [2.45, 2.75) is 13.3 Å². The van der Waals surface area contributed by atoms with Crippen molar-refractivity contribution in [3.05, 3.63) is 36.8 Å². The summed E-state index contributed by atoms with van der Waals surface area (Å²) in [6.45, 7) is 4.82. The van der Waals surface area contributed by atoms with Crippen LogP contribution in [0.2, 0.25) is 0 Å². The highest BCUT2D eigenvalue weighted by Gasteiger charge is 2.04. The lowest BCUT2D eigenvalue weighted by Crippen LogP contribution is -2.11. The van der Waals surface area contributed by atoms with Gasteiger partial charge in [0, 0.05) is 25.8 Å². The molecule has 74 valence electrons. The van der Waals surface area contributed by atoms with Gasteiger partial charge in [-0.05, 0) is 6.08 Å². The number of halogens is 1. The highest BCUT2D eigenvalue weighted by Crippen LogP contribution is 2.11. The van der Waals surface area contributed by atoms with Gasteiger partial charge in [-0.1, -0.05) is 18.7 Å². The summed E-state index contributed by atoms with van der Waals surface area (Å²) in [6.07, 6.45) is 9.29. The number of hydrogen-bond donors (Lipinski definition) is 0. The molecule has 0 N–H and O–H groups in total. The van der Waals surface area contributed by atoms with Crippen molar-refractivity contribution >= 4 is 12.2 Å².